The monoisotopic (exact) mass is 278 g/mol. The summed E-state index contributed by atoms with van der Waals surface area (Å²) in [7, 11) is 2.22. The summed E-state index contributed by atoms with van der Waals surface area (Å²) in [6.07, 6.45) is 5.93. The molecular formula is C15H22N2OS. The molecule has 0 aromatic carbocycles. The number of aromatic nitrogens is 1. The van der Waals surface area contributed by atoms with Gasteiger partial charge in [0.2, 0.25) is 0 Å². The van der Waals surface area contributed by atoms with Crippen molar-refractivity contribution >= 4 is 11.8 Å². The quantitative estimate of drug-likeness (QED) is 0.773. The summed E-state index contributed by atoms with van der Waals surface area (Å²) in [5.41, 5.74) is 2.67. The fraction of sp³-hybridized carbons (Fsp3) is 0.667. The maximum Gasteiger partial charge on any atom is 0.0961 e. The lowest BCUT2D eigenvalue weighted by molar-refractivity contribution is 0.193. The van der Waals surface area contributed by atoms with Crippen LogP contribution in [0.5, 0.6) is 0 Å². The van der Waals surface area contributed by atoms with Crippen LogP contribution in [0.4, 0.5) is 0 Å². The third-order valence-corrected chi connectivity index (χ3v) is 4.78. The number of pyridine rings is 1. The highest BCUT2D eigenvalue weighted by atomic mass is 32.2. The Morgan fingerprint density at radius 1 is 1.37 bits per heavy atom. The Balaban J connectivity index is 1.83. The zero-order chi connectivity index (χ0) is 13.2. The lowest BCUT2D eigenvalue weighted by Crippen LogP contribution is -2.22. The van der Waals surface area contributed by atoms with E-state index in [4.69, 9.17) is 9.72 Å². The maximum absolute atomic E-state index is 5.54. The minimum absolute atomic E-state index is 0.547. The molecule has 2 aliphatic rings. The van der Waals surface area contributed by atoms with E-state index in [1.54, 1.807) is 11.8 Å². The van der Waals surface area contributed by atoms with Crippen molar-refractivity contribution in [3.63, 3.8) is 0 Å². The molecule has 1 aliphatic heterocycles. The third kappa shape index (κ3) is 3.12. The lowest BCUT2D eigenvalue weighted by Gasteiger charge is -2.20. The average molecular weight is 278 g/mol. The van der Waals surface area contributed by atoms with Crippen LogP contribution in [-0.4, -0.2) is 42.4 Å². The number of hydrogen-bond donors (Lipinski definition) is 0. The Morgan fingerprint density at radius 2 is 2.21 bits per heavy atom. The van der Waals surface area contributed by atoms with Gasteiger partial charge in [0, 0.05) is 25.1 Å². The van der Waals surface area contributed by atoms with Gasteiger partial charge in [-0.25, -0.2) is 4.98 Å². The summed E-state index contributed by atoms with van der Waals surface area (Å²) in [4.78, 5) is 7.30. The van der Waals surface area contributed by atoms with Crippen LogP contribution in [0.2, 0.25) is 0 Å². The summed E-state index contributed by atoms with van der Waals surface area (Å²) in [6.45, 7) is 2.73. The van der Waals surface area contributed by atoms with E-state index in [9.17, 15) is 0 Å². The molecule has 0 bridgehead atoms. The zero-order valence-electron chi connectivity index (χ0n) is 11.8. The first kappa shape index (κ1) is 13.4. The van der Waals surface area contributed by atoms with E-state index in [1.807, 2.05) is 0 Å². The Labute approximate surface area is 119 Å². The van der Waals surface area contributed by atoms with Gasteiger partial charge in [-0.05, 0) is 44.2 Å². The third-order valence-electron chi connectivity index (χ3n) is 4.13. The van der Waals surface area contributed by atoms with E-state index in [-0.39, 0.29) is 0 Å². The van der Waals surface area contributed by atoms with Crippen molar-refractivity contribution in [2.24, 2.45) is 0 Å². The van der Waals surface area contributed by atoms with Crippen LogP contribution in [0.25, 0.3) is 0 Å². The van der Waals surface area contributed by atoms with Gasteiger partial charge in [0.1, 0.15) is 0 Å². The average Bonchev–Trinajstić information content (AvgIpc) is 3.15. The molecule has 1 atom stereocenters. The second-order valence-electron chi connectivity index (χ2n) is 5.60. The molecular weight excluding hydrogens is 256 g/mol. The molecule has 3 nitrogen and oxygen atoms in total. The van der Waals surface area contributed by atoms with E-state index in [1.165, 1.54) is 24.1 Å². The van der Waals surface area contributed by atoms with Crippen LogP contribution < -0.4 is 0 Å². The first-order valence-electron chi connectivity index (χ1n) is 7.09. The molecule has 1 aliphatic carbocycles. The highest BCUT2D eigenvalue weighted by molar-refractivity contribution is 7.98. The summed E-state index contributed by atoms with van der Waals surface area (Å²) < 4.78 is 5.54. The predicted molar refractivity (Wildman–Crippen MR) is 78.7 cm³/mol. The van der Waals surface area contributed by atoms with Crippen molar-refractivity contribution < 1.29 is 4.74 Å². The van der Waals surface area contributed by atoms with Crippen LogP contribution in [0.1, 0.15) is 36.4 Å². The molecule has 1 saturated heterocycles. The number of thioether (sulfide) groups is 1. The molecule has 2 heterocycles. The molecule has 1 aromatic heterocycles. The van der Waals surface area contributed by atoms with Gasteiger partial charge < -0.3 is 4.74 Å². The second-order valence-corrected chi connectivity index (χ2v) is 6.42. The van der Waals surface area contributed by atoms with Crippen molar-refractivity contribution in [3.05, 3.63) is 23.4 Å². The van der Waals surface area contributed by atoms with Gasteiger partial charge in [0.25, 0.3) is 0 Å². The number of hydrogen-bond acceptors (Lipinski definition) is 4. The number of ether oxygens (including phenoxy) is 1. The highest BCUT2D eigenvalue weighted by Gasteiger charge is 2.28. The zero-order valence-corrected chi connectivity index (χ0v) is 12.6. The number of nitrogens with zero attached hydrogens (tertiary/aromatic N) is 2. The molecule has 0 radical (unpaired) electrons. The second kappa shape index (κ2) is 5.81. The smallest absolute Gasteiger partial charge is 0.0961 e. The van der Waals surface area contributed by atoms with Gasteiger partial charge in [0.15, 0.2) is 0 Å². The molecule has 0 N–H and O–H groups in total. The SMILES string of the molecule is CSc1ccc([C@H]2CCOC2)c(CN(C)C2CC2)n1. The van der Waals surface area contributed by atoms with E-state index < -0.39 is 0 Å². The maximum atomic E-state index is 5.54. The van der Waals surface area contributed by atoms with E-state index in [0.717, 1.165) is 37.2 Å². The molecule has 2 fully saturated rings. The topological polar surface area (TPSA) is 25.4 Å². The van der Waals surface area contributed by atoms with Crippen molar-refractivity contribution in [1.82, 2.24) is 9.88 Å². The molecule has 0 amide bonds. The molecule has 3 rings (SSSR count). The molecule has 0 spiro atoms. The van der Waals surface area contributed by atoms with Crippen LogP contribution in [0.3, 0.4) is 0 Å². The Hall–Kier alpha value is -0.580. The summed E-state index contributed by atoms with van der Waals surface area (Å²) in [5, 5.41) is 1.13. The van der Waals surface area contributed by atoms with Crippen molar-refractivity contribution in [3.8, 4) is 0 Å². The number of rotatable bonds is 5. The largest absolute Gasteiger partial charge is 0.381 e. The van der Waals surface area contributed by atoms with Crippen LogP contribution in [-0.2, 0) is 11.3 Å². The molecule has 104 valence electrons. The van der Waals surface area contributed by atoms with Gasteiger partial charge >= 0.3 is 0 Å². The lowest BCUT2D eigenvalue weighted by atomic mass is 9.96. The van der Waals surface area contributed by atoms with Crippen LogP contribution >= 0.6 is 11.8 Å². The Morgan fingerprint density at radius 3 is 2.84 bits per heavy atom. The van der Waals surface area contributed by atoms with Gasteiger partial charge in [-0.3, -0.25) is 4.90 Å². The van der Waals surface area contributed by atoms with Crippen molar-refractivity contribution in [2.75, 3.05) is 26.5 Å². The summed E-state index contributed by atoms with van der Waals surface area (Å²) >= 11 is 1.72. The minimum Gasteiger partial charge on any atom is -0.381 e. The first-order chi connectivity index (χ1) is 9.28. The van der Waals surface area contributed by atoms with Gasteiger partial charge in [-0.2, -0.15) is 0 Å². The predicted octanol–water partition coefficient (Wildman–Crippen LogP) is 2.90. The van der Waals surface area contributed by atoms with E-state index >= 15 is 0 Å². The highest BCUT2D eigenvalue weighted by Crippen LogP contribution is 2.31. The Kier molecular flexibility index (Phi) is 4.10. The Bertz CT molecular complexity index is 442. The minimum atomic E-state index is 0.547. The standard InChI is InChI=1S/C15H22N2OS/c1-17(12-3-4-12)9-14-13(11-7-8-18-10-11)5-6-15(16-14)19-2/h5-6,11-12H,3-4,7-10H2,1-2H3/t11-/m0/s1. The molecule has 0 unspecified atom stereocenters. The van der Waals surface area contributed by atoms with E-state index in [0.29, 0.717) is 5.92 Å². The van der Waals surface area contributed by atoms with Gasteiger partial charge in [0.05, 0.1) is 17.3 Å². The fourth-order valence-corrected chi connectivity index (χ4v) is 3.17. The van der Waals surface area contributed by atoms with Crippen LogP contribution in [0.15, 0.2) is 17.2 Å². The molecule has 1 aromatic rings. The molecule has 4 heteroatoms. The van der Waals surface area contributed by atoms with Crippen molar-refractivity contribution in [1.29, 1.82) is 0 Å². The normalized spacial score (nSPS) is 23.2. The summed E-state index contributed by atoms with van der Waals surface area (Å²) in [6, 6.07) is 5.21. The molecule has 19 heavy (non-hydrogen) atoms. The van der Waals surface area contributed by atoms with Crippen LogP contribution in [0, 0.1) is 0 Å². The van der Waals surface area contributed by atoms with Gasteiger partial charge in [-0.15, -0.1) is 11.8 Å². The van der Waals surface area contributed by atoms with Gasteiger partial charge in [-0.1, -0.05) is 6.07 Å². The molecule has 1 saturated carbocycles. The summed E-state index contributed by atoms with van der Waals surface area (Å²) in [5.74, 6) is 0.547. The first-order valence-corrected chi connectivity index (χ1v) is 8.32. The van der Waals surface area contributed by atoms with Crippen molar-refractivity contribution in [2.45, 2.75) is 42.8 Å². The fourth-order valence-electron chi connectivity index (χ4n) is 2.76. The van der Waals surface area contributed by atoms with E-state index in [2.05, 4.69) is 30.3 Å².